The van der Waals surface area contributed by atoms with Gasteiger partial charge in [-0.15, -0.1) is 0 Å². The van der Waals surface area contributed by atoms with E-state index in [4.69, 9.17) is 5.11 Å². The first-order chi connectivity index (χ1) is 9.27. The molecule has 0 aliphatic heterocycles. The number of halogens is 1. The number of hydrogen-bond donors (Lipinski definition) is 3. The number of nitrogens with one attached hydrogen (secondary N) is 2. The van der Waals surface area contributed by atoms with Crippen molar-refractivity contribution in [3.05, 3.63) is 28.2 Å². The van der Waals surface area contributed by atoms with E-state index in [1.54, 1.807) is 19.2 Å². The molecule has 6 nitrogen and oxygen atoms in total. The molecule has 0 radical (unpaired) electrons. The number of carboxylic acids is 1. The van der Waals surface area contributed by atoms with Gasteiger partial charge in [0, 0.05) is 39.0 Å². The summed E-state index contributed by atoms with van der Waals surface area (Å²) in [5.41, 5.74) is 0.427. The molecule has 2 amide bonds. The zero-order chi connectivity index (χ0) is 15.3. The number of carbonyl (C=O) groups is 2. The predicted octanol–water partition coefficient (Wildman–Crippen LogP) is 2.04. The van der Waals surface area contributed by atoms with Crippen molar-refractivity contribution < 1.29 is 18.9 Å². The minimum atomic E-state index is -1.08. The van der Waals surface area contributed by atoms with Gasteiger partial charge in [0.05, 0.1) is 5.56 Å². The number of hydrogen-bond acceptors (Lipinski definition) is 3. The summed E-state index contributed by atoms with van der Waals surface area (Å²) in [5, 5.41) is 14.1. The highest BCUT2D eigenvalue weighted by Crippen LogP contribution is 2.19. The minimum Gasteiger partial charge on any atom is -0.478 e. The van der Waals surface area contributed by atoms with E-state index in [-0.39, 0.29) is 11.6 Å². The molecule has 1 rings (SSSR count). The Bertz CT molecular complexity index is 550. The Morgan fingerprint density at radius 2 is 2.05 bits per heavy atom. The number of benzene rings is 1. The molecule has 3 N–H and O–H groups in total. The van der Waals surface area contributed by atoms with Gasteiger partial charge in [0.1, 0.15) is 0 Å². The molecule has 0 aromatic heterocycles. The second-order valence-corrected chi connectivity index (χ2v) is 6.67. The highest BCUT2D eigenvalue weighted by Gasteiger charge is 2.11. The molecule has 0 aliphatic carbocycles. The van der Waals surface area contributed by atoms with Gasteiger partial charge in [-0.05, 0) is 25.1 Å². The fourth-order valence-corrected chi connectivity index (χ4v) is 2.85. The molecule has 0 heterocycles. The Kier molecular flexibility index (Phi) is 6.15. The van der Waals surface area contributed by atoms with Crippen LogP contribution in [-0.2, 0) is 10.8 Å². The molecule has 0 saturated heterocycles. The lowest BCUT2D eigenvalue weighted by molar-refractivity contribution is 0.0696. The maximum atomic E-state index is 11.7. The number of aromatic carboxylic acids is 1. The molecule has 0 bridgehead atoms. The summed E-state index contributed by atoms with van der Waals surface area (Å²) in [6, 6.07) is 3.67. The standard InChI is InChI=1S/C12H15BrN2O4S/c1-7(6-20(2)19)14-12(18)15-10-4-8(11(16)17)3-9(13)5-10/h3-5,7H,6H2,1-2H3,(H,16,17)(H2,14,15,18). The van der Waals surface area contributed by atoms with Crippen molar-refractivity contribution >= 4 is 44.4 Å². The van der Waals surface area contributed by atoms with Gasteiger partial charge < -0.3 is 15.7 Å². The van der Waals surface area contributed by atoms with Gasteiger partial charge in [0.15, 0.2) is 0 Å². The van der Waals surface area contributed by atoms with E-state index < -0.39 is 22.8 Å². The molecule has 110 valence electrons. The van der Waals surface area contributed by atoms with Gasteiger partial charge in [-0.1, -0.05) is 15.9 Å². The summed E-state index contributed by atoms with van der Waals surface area (Å²) in [4.78, 5) is 22.6. The quantitative estimate of drug-likeness (QED) is 0.746. The number of amides is 2. The third-order valence-electron chi connectivity index (χ3n) is 2.26. The Morgan fingerprint density at radius 1 is 1.40 bits per heavy atom. The second-order valence-electron chi connectivity index (χ2n) is 4.27. The van der Waals surface area contributed by atoms with Crippen molar-refractivity contribution in [2.24, 2.45) is 0 Å². The molecule has 1 aromatic carbocycles. The summed E-state index contributed by atoms with van der Waals surface area (Å²) in [6.45, 7) is 1.74. The largest absolute Gasteiger partial charge is 0.478 e. The summed E-state index contributed by atoms with van der Waals surface area (Å²) >= 11 is 3.18. The molecule has 2 atom stereocenters. The molecule has 20 heavy (non-hydrogen) atoms. The van der Waals surface area contributed by atoms with Crippen molar-refractivity contribution in [2.45, 2.75) is 13.0 Å². The average molecular weight is 363 g/mol. The third-order valence-corrected chi connectivity index (χ3v) is 3.69. The van der Waals surface area contributed by atoms with Crippen LogP contribution in [0.15, 0.2) is 22.7 Å². The van der Waals surface area contributed by atoms with Gasteiger partial charge in [-0.3, -0.25) is 4.21 Å². The van der Waals surface area contributed by atoms with Gasteiger partial charge in [-0.25, -0.2) is 9.59 Å². The van der Waals surface area contributed by atoms with E-state index in [1.807, 2.05) is 0 Å². The smallest absolute Gasteiger partial charge is 0.335 e. The predicted molar refractivity (Wildman–Crippen MR) is 81.7 cm³/mol. The van der Waals surface area contributed by atoms with Crippen LogP contribution in [0.4, 0.5) is 10.5 Å². The van der Waals surface area contributed by atoms with E-state index in [2.05, 4.69) is 26.6 Å². The maximum absolute atomic E-state index is 11.7. The number of carbonyl (C=O) groups excluding carboxylic acids is 1. The van der Waals surface area contributed by atoms with E-state index in [0.29, 0.717) is 15.9 Å². The van der Waals surface area contributed by atoms with E-state index in [1.165, 1.54) is 12.1 Å². The highest BCUT2D eigenvalue weighted by atomic mass is 79.9. The van der Waals surface area contributed by atoms with E-state index >= 15 is 0 Å². The molecule has 0 fully saturated rings. The molecule has 0 spiro atoms. The lowest BCUT2D eigenvalue weighted by Crippen LogP contribution is -2.39. The number of rotatable bonds is 5. The fourth-order valence-electron chi connectivity index (χ4n) is 1.57. The summed E-state index contributed by atoms with van der Waals surface area (Å²) in [5.74, 6) is -0.726. The van der Waals surface area contributed by atoms with Crippen molar-refractivity contribution in [3.63, 3.8) is 0 Å². The lowest BCUT2D eigenvalue weighted by atomic mass is 10.2. The van der Waals surface area contributed by atoms with Crippen LogP contribution in [0, 0.1) is 0 Å². The molecular formula is C12H15BrN2O4S. The van der Waals surface area contributed by atoms with Crippen molar-refractivity contribution in [2.75, 3.05) is 17.3 Å². The maximum Gasteiger partial charge on any atom is 0.335 e. The normalized spacial score (nSPS) is 13.3. The van der Waals surface area contributed by atoms with Crippen molar-refractivity contribution in [3.8, 4) is 0 Å². The Morgan fingerprint density at radius 3 is 2.60 bits per heavy atom. The zero-order valence-electron chi connectivity index (χ0n) is 11.0. The molecule has 8 heteroatoms. The van der Waals surface area contributed by atoms with Gasteiger partial charge in [-0.2, -0.15) is 0 Å². The average Bonchev–Trinajstić information content (AvgIpc) is 2.25. The first kappa shape index (κ1) is 16.6. The van der Waals surface area contributed by atoms with Gasteiger partial charge in [0.25, 0.3) is 0 Å². The monoisotopic (exact) mass is 362 g/mol. The first-order valence-electron chi connectivity index (χ1n) is 5.69. The van der Waals surface area contributed by atoms with Gasteiger partial charge in [0.2, 0.25) is 0 Å². The zero-order valence-corrected chi connectivity index (χ0v) is 13.4. The lowest BCUT2D eigenvalue weighted by Gasteiger charge is -2.13. The van der Waals surface area contributed by atoms with Crippen molar-refractivity contribution in [1.29, 1.82) is 0 Å². The van der Waals surface area contributed by atoms with Gasteiger partial charge >= 0.3 is 12.0 Å². The van der Waals surface area contributed by atoms with Crippen LogP contribution in [0.3, 0.4) is 0 Å². The van der Waals surface area contributed by atoms with Crippen LogP contribution in [0.2, 0.25) is 0 Å². The van der Waals surface area contributed by atoms with Crippen LogP contribution >= 0.6 is 15.9 Å². The Balaban J connectivity index is 2.71. The van der Waals surface area contributed by atoms with Crippen LogP contribution in [0.1, 0.15) is 17.3 Å². The van der Waals surface area contributed by atoms with E-state index in [9.17, 15) is 13.8 Å². The molecule has 2 unspecified atom stereocenters. The SMILES string of the molecule is CC(CS(C)=O)NC(=O)Nc1cc(Br)cc(C(=O)O)c1. The Labute approximate surface area is 127 Å². The Hall–Kier alpha value is -1.41. The topological polar surface area (TPSA) is 95.5 Å². The number of anilines is 1. The third kappa shape index (κ3) is 5.70. The molecule has 1 aromatic rings. The summed E-state index contributed by atoms with van der Waals surface area (Å²) in [6.07, 6.45) is 1.56. The van der Waals surface area contributed by atoms with Crippen LogP contribution < -0.4 is 10.6 Å². The number of urea groups is 1. The summed E-state index contributed by atoms with van der Waals surface area (Å²) < 4.78 is 11.6. The highest BCUT2D eigenvalue weighted by molar-refractivity contribution is 9.10. The van der Waals surface area contributed by atoms with Crippen LogP contribution in [0.25, 0.3) is 0 Å². The second kappa shape index (κ2) is 7.39. The van der Waals surface area contributed by atoms with Crippen LogP contribution in [0.5, 0.6) is 0 Å². The van der Waals surface area contributed by atoms with Crippen molar-refractivity contribution in [1.82, 2.24) is 5.32 Å². The molecule has 0 aliphatic rings. The molecule has 0 saturated carbocycles. The minimum absolute atomic E-state index is 0.0670. The number of carboxylic acid groups (broad SMARTS) is 1. The fraction of sp³-hybridized carbons (Fsp3) is 0.333. The summed E-state index contributed by atoms with van der Waals surface area (Å²) in [7, 11) is -1.000. The molecular weight excluding hydrogens is 348 g/mol. The van der Waals surface area contributed by atoms with E-state index in [0.717, 1.165) is 0 Å². The van der Waals surface area contributed by atoms with Crippen LogP contribution in [-0.4, -0.2) is 39.4 Å². The first-order valence-corrected chi connectivity index (χ1v) is 8.21.